The first-order valence-electron chi connectivity index (χ1n) is 15.1. The highest BCUT2D eigenvalue weighted by Crippen LogP contribution is 2.52. The number of carbonyl (C=O) groups is 2. The second-order valence-electron chi connectivity index (χ2n) is 11.9. The summed E-state index contributed by atoms with van der Waals surface area (Å²) >= 11 is 0. The molecule has 1 aliphatic heterocycles. The maximum Gasteiger partial charge on any atom is 0.407 e. The quantitative estimate of drug-likeness (QED) is 0.132. The normalized spacial score (nSPS) is 18.4. The van der Waals surface area contributed by atoms with E-state index in [4.69, 9.17) is 10.5 Å². The molecule has 0 aromatic heterocycles. The number of amides is 2. The van der Waals surface area contributed by atoms with Gasteiger partial charge in [0.2, 0.25) is 5.91 Å². The number of rotatable bonds is 13. The van der Waals surface area contributed by atoms with Gasteiger partial charge in [0, 0.05) is 37.4 Å². The molecule has 0 radical (unpaired) electrons. The summed E-state index contributed by atoms with van der Waals surface area (Å²) in [7, 11) is -3.47. The van der Waals surface area contributed by atoms with Crippen LogP contribution >= 0.6 is 10.8 Å². The van der Waals surface area contributed by atoms with Crippen molar-refractivity contribution in [3.05, 3.63) is 90.0 Å². The number of nitrogens with one attached hydrogen (secondary N) is 3. The summed E-state index contributed by atoms with van der Waals surface area (Å²) in [6.45, 7) is 6.31. The van der Waals surface area contributed by atoms with E-state index < -0.39 is 41.2 Å². The molecule has 0 unspecified atom stereocenters. The molecule has 3 aromatic rings. The number of carbonyl (C=O) groups excluding carboxylic acids is 2. The Bertz CT molecular complexity index is 1390. The molecule has 0 saturated carbocycles. The third-order valence-corrected chi connectivity index (χ3v) is 9.50. The van der Waals surface area contributed by atoms with Crippen LogP contribution in [0.5, 0.6) is 0 Å². The van der Waals surface area contributed by atoms with Crippen molar-refractivity contribution in [1.29, 1.82) is 0 Å². The fraction of sp³-hybridized carbons (Fsp3) is 0.394. The van der Waals surface area contributed by atoms with Crippen molar-refractivity contribution in [2.45, 2.75) is 62.8 Å². The molecule has 1 saturated heterocycles. The van der Waals surface area contributed by atoms with Crippen molar-refractivity contribution in [3.8, 4) is 0 Å². The van der Waals surface area contributed by atoms with Gasteiger partial charge in [-0.05, 0) is 61.2 Å². The lowest BCUT2D eigenvalue weighted by molar-refractivity contribution is -0.118. The summed E-state index contributed by atoms with van der Waals surface area (Å²) in [6, 6.07) is 21.8. The molecule has 4 atom stereocenters. The topological polar surface area (TPSA) is 169 Å². The van der Waals surface area contributed by atoms with Gasteiger partial charge in [-0.2, -0.15) is 4.31 Å². The molecule has 12 heteroatoms. The molecule has 45 heavy (non-hydrogen) atoms. The van der Waals surface area contributed by atoms with E-state index >= 15 is 0 Å². The van der Waals surface area contributed by atoms with Gasteiger partial charge in [-0.1, -0.05) is 61.9 Å². The number of aliphatic hydroxyl groups excluding tert-OH is 1. The minimum absolute atomic E-state index is 0.0497. The number of alkyl carbamates (subject to hydrolysis) is 1. The Morgan fingerprint density at radius 3 is 2.33 bits per heavy atom. The highest BCUT2D eigenvalue weighted by atomic mass is 32.3. The number of aliphatic hydroxyl groups is 1. The fourth-order valence-electron chi connectivity index (χ4n) is 5.17. The molecule has 0 spiro atoms. The van der Waals surface area contributed by atoms with Crippen molar-refractivity contribution < 1.29 is 28.5 Å². The van der Waals surface area contributed by atoms with Crippen LogP contribution in [0, 0.1) is 12.8 Å². The van der Waals surface area contributed by atoms with Gasteiger partial charge in [-0.25, -0.2) is 4.79 Å². The molecule has 0 aliphatic carbocycles. The van der Waals surface area contributed by atoms with Gasteiger partial charge in [-0.3, -0.25) is 13.9 Å². The number of hydrogen-bond donors (Lipinski definition) is 7. The van der Waals surface area contributed by atoms with Gasteiger partial charge in [-0.15, -0.1) is 10.8 Å². The molecule has 11 nitrogen and oxygen atoms in total. The Labute approximate surface area is 266 Å². The lowest BCUT2D eigenvalue weighted by Gasteiger charge is -2.45. The number of nitrogen functional groups attached to an aromatic ring is 1. The van der Waals surface area contributed by atoms with Crippen LogP contribution in [0.4, 0.5) is 16.2 Å². The first kappa shape index (κ1) is 34.2. The molecule has 1 aliphatic rings. The van der Waals surface area contributed by atoms with E-state index in [1.165, 1.54) is 4.31 Å². The van der Waals surface area contributed by atoms with Crippen LogP contribution in [0.3, 0.4) is 0 Å². The minimum atomic E-state index is -3.47. The van der Waals surface area contributed by atoms with E-state index in [0.717, 1.165) is 11.1 Å². The molecule has 1 fully saturated rings. The monoisotopic (exact) mass is 639 g/mol. The smallest absolute Gasteiger partial charge is 0.407 e. The molecule has 3 aromatic carbocycles. The Kier molecular flexibility index (Phi) is 11.8. The fourth-order valence-corrected chi connectivity index (χ4v) is 6.84. The van der Waals surface area contributed by atoms with Crippen molar-refractivity contribution in [1.82, 2.24) is 14.9 Å². The number of ether oxygens (including phenoxy) is 1. The number of aryl methyl sites for hydroxylation is 1. The van der Waals surface area contributed by atoms with Crippen LogP contribution in [0.25, 0.3) is 0 Å². The zero-order valence-electron chi connectivity index (χ0n) is 25.9. The highest BCUT2D eigenvalue weighted by Gasteiger charge is 2.34. The number of anilines is 2. The van der Waals surface area contributed by atoms with Crippen LogP contribution in [0.1, 0.15) is 31.4 Å². The summed E-state index contributed by atoms with van der Waals surface area (Å²) in [5, 5.41) is 20.3. The van der Waals surface area contributed by atoms with E-state index in [0.29, 0.717) is 24.3 Å². The lowest BCUT2D eigenvalue weighted by atomic mass is 10.0. The summed E-state index contributed by atoms with van der Waals surface area (Å²) < 4.78 is 29.8. The summed E-state index contributed by atoms with van der Waals surface area (Å²) in [4.78, 5) is 26.2. The van der Waals surface area contributed by atoms with Crippen LogP contribution in [0.15, 0.2) is 83.8 Å². The molecule has 1 heterocycles. The second-order valence-corrected chi connectivity index (χ2v) is 13.9. The predicted octanol–water partition coefficient (Wildman–Crippen LogP) is 4.63. The zero-order valence-corrected chi connectivity index (χ0v) is 26.7. The van der Waals surface area contributed by atoms with E-state index in [2.05, 4.69) is 16.0 Å². The Hall–Kier alpha value is -3.65. The second kappa shape index (κ2) is 15.6. The van der Waals surface area contributed by atoms with Crippen LogP contribution in [0.2, 0.25) is 0 Å². The average molecular weight is 640 g/mol. The molecule has 2 amide bonds. The summed E-state index contributed by atoms with van der Waals surface area (Å²) in [5.74, 6) is -0.165. The number of hydrogen-bond acceptors (Lipinski definition) is 9. The van der Waals surface area contributed by atoms with Crippen molar-refractivity contribution in [2.75, 3.05) is 30.7 Å². The average Bonchev–Trinajstić information content (AvgIpc) is 3.46. The van der Waals surface area contributed by atoms with Gasteiger partial charge in [0.05, 0.1) is 23.1 Å². The molecular formula is C33H45N5O6S. The van der Waals surface area contributed by atoms with Crippen molar-refractivity contribution >= 4 is 34.2 Å². The number of nitrogens with two attached hydrogens (primary N) is 1. The SMILES string of the molecule is Cc1ccc(NC(=O)[C@@H]2C[C@@H](OC(=O)N[C@@H](Cc3ccccc3)[C@H](O)CN(CC(C)C)S(O)(O)c3ccc(N)cc3)CN2)cc1. The first-order valence-corrected chi connectivity index (χ1v) is 16.6. The third kappa shape index (κ3) is 9.92. The largest absolute Gasteiger partial charge is 0.445 e. The lowest BCUT2D eigenvalue weighted by Crippen LogP contribution is -2.51. The van der Waals surface area contributed by atoms with Gasteiger partial charge >= 0.3 is 6.09 Å². The molecule has 0 bridgehead atoms. The third-order valence-electron chi connectivity index (χ3n) is 7.58. The van der Waals surface area contributed by atoms with Crippen LogP contribution in [-0.2, 0) is 16.0 Å². The Morgan fingerprint density at radius 2 is 1.69 bits per heavy atom. The molecule has 8 N–H and O–H groups in total. The van der Waals surface area contributed by atoms with Crippen molar-refractivity contribution in [3.63, 3.8) is 0 Å². The van der Waals surface area contributed by atoms with Gasteiger partial charge in [0.1, 0.15) is 6.10 Å². The van der Waals surface area contributed by atoms with E-state index in [9.17, 15) is 23.8 Å². The summed E-state index contributed by atoms with van der Waals surface area (Å²) in [6.07, 6.45) is -1.91. The number of nitrogens with zero attached hydrogens (tertiary/aromatic N) is 1. The highest BCUT2D eigenvalue weighted by molar-refractivity contribution is 8.22. The summed E-state index contributed by atoms with van der Waals surface area (Å²) in [5.41, 5.74) is 8.94. The number of benzene rings is 3. The molecule has 244 valence electrons. The van der Waals surface area contributed by atoms with E-state index in [1.54, 1.807) is 24.3 Å². The maximum absolute atomic E-state index is 13.1. The Morgan fingerprint density at radius 1 is 1.02 bits per heavy atom. The van der Waals surface area contributed by atoms with Gasteiger partial charge in [0.15, 0.2) is 0 Å². The predicted molar refractivity (Wildman–Crippen MR) is 178 cm³/mol. The van der Waals surface area contributed by atoms with Gasteiger partial charge < -0.3 is 31.5 Å². The Balaban J connectivity index is 1.42. The maximum atomic E-state index is 13.1. The standard InChI is InChI=1S/C33H45N5O6S/c1-22(2)20-38(45(42,43)28-15-11-25(34)12-16-28)21-31(39)29(17-24-7-5-4-6-8-24)37-33(41)44-27-18-30(35-19-27)32(40)36-26-13-9-23(3)10-14-26/h4-16,22,27,29-31,35,39,42-43H,17-21,34H2,1-3H3,(H,36,40)(H,37,41)/t27-,29+,30+,31-/m1/s1. The van der Waals surface area contributed by atoms with Gasteiger partial charge in [0.25, 0.3) is 0 Å². The van der Waals surface area contributed by atoms with E-state index in [1.807, 2.05) is 75.4 Å². The van der Waals surface area contributed by atoms with Crippen LogP contribution < -0.4 is 21.7 Å². The van der Waals surface area contributed by atoms with E-state index in [-0.39, 0.29) is 36.2 Å². The molecule has 4 rings (SSSR count). The first-order chi connectivity index (χ1) is 21.4. The zero-order chi connectivity index (χ0) is 32.6. The van der Waals surface area contributed by atoms with Crippen molar-refractivity contribution in [2.24, 2.45) is 5.92 Å². The molecular weight excluding hydrogens is 594 g/mol. The minimum Gasteiger partial charge on any atom is -0.445 e. The van der Waals surface area contributed by atoms with Crippen LogP contribution in [-0.4, -0.2) is 74.4 Å².